The molecule has 0 aliphatic carbocycles. The number of ether oxygens (including phenoxy) is 1. The van der Waals surface area contributed by atoms with Gasteiger partial charge in [0.25, 0.3) is 0 Å². The van der Waals surface area contributed by atoms with Crippen LogP contribution in [0.4, 0.5) is 0 Å². The minimum absolute atomic E-state index is 0.123. The predicted octanol–water partition coefficient (Wildman–Crippen LogP) is 1.16. The third-order valence-corrected chi connectivity index (χ3v) is 2.89. The Kier molecular flexibility index (Phi) is 3.53. The van der Waals surface area contributed by atoms with Crippen LogP contribution < -0.4 is 0 Å². The van der Waals surface area contributed by atoms with Crippen molar-refractivity contribution < 1.29 is 14.3 Å². The van der Waals surface area contributed by atoms with Crippen LogP contribution >= 0.6 is 0 Å². The van der Waals surface area contributed by atoms with Crippen molar-refractivity contribution in [2.24, 2.45) is 0 Å². The molecule has 4 nitrogen and oxygen atoms in total. The lowest BCUT2D eigenvalue weighted by molar-refractivity contribution is -0.145. The fraction of sp³-hybridized carbons (Fsp3) is 0.667. The monoisotopic (exact) mass is 225 g/mol. The molecule has 0 fully saturated rings. The molecule has 0 radical (unpaired) electrons. The maximum absolute atomic E-state index is 11.9. The second kappa shape index (κ2) is 4.37. The predicted molar refractivity (Wildman–Crippen MR) is 61.0 cm³/mol. The SMILES string of the molecule is CC1=C(C(=O)CCN(C)C)C(=O)OC1(C)C. The summed E-state index contributed by atoms with van der Waals surface area (Å²) < 4.78 is 5.15. The van der Waals surface area contributed by atoms with Crippen LogP contribution in [0.1, 0.15) is 27.2 Å². The number of hydrogen-bond acceptors (Lipinski definition) is 4. The van der Waals surface area contributed by atoms with Gasteiger partial charge in [-0.25, -0.2) is 4.79 Å². The zero-order valence-electron chi connectivity index (χ0n) is 10.6. The summed E-state index contributed by atoms with van der Waals surface area (Å²) in [6.45, 7) is 6.02. The molecule has 0 aromatic heterocycles. The second-order valence-electron chi connectivity index (χ2n) is 4.88. The minimum atomic E-state index is -0.639. The summed E-state index contributed by atoms with van der Waals surface area (Å²) in [5.74, 6) is -0.604. The third-order valence-electron chi connectivity index (χ3n) is 2.89. The highest BCUT2D eigenvalue weighted by molar-refractivity contribution is 6.19. The summed E-state index contributed by atoms with van der Waals surface area (Å²) >= 11 is 0. The largest absolute Gasteiger partial charge is 0.451 e. The second-order valence-corrected chi connectivity index (χ2v) is 4.88. The first-order valence-corrected chi connectivity index (χ1v) is 5.38. The average molecular weight is 225 g/mol. The topological polar surface area (TPSA) is 46.6 Å². The third kappa shape index (κ3) is 2.50. The van der Waals surface area contributed by atoms with Gasteiger partial charge in [-0.1, -0.05) is 0 Å². The van der Waals surface area contributed by atoms with E-state index >= 15 is 0 Å². The van der Waals surface area contributed by atoms with Crippen LogP contribution in [0, 0.1) is 0 Å². The molecule has 1 heterocycles. The van der Waals surface area contributed by atoms with Crippen LogP contribution in [0.15, 0.2) is 11.1 Å². The molecule has 1 aliphatic heterocycles. The van der Waals surface area contributed by atoms with Gasteiger partial charge in [0.1, 0.15) is 11.2 Å². The average Bonchev–Trinajstić information content (AvgIpc) is 2.32. The normalized spacial score (nSPS) is 19.2. The Hall–Kier alpha value is -1.16. The van der Waals surface area contributed by atoms with Crippen molar-refractivity contribution in [3.8, 4) is 0 Å². The summed E-state index contributed by atoms with van der Waals surface area (Å²) in [6, 6.07) is 0. The number of rotatable bonds is 4. The number of ketones is 1. The van der Waals surface area contributed by atoms with Gasteiger partial charge in [-0.15, -0.1) is 0 Å². The minimum Gasteiger partial charge on any atom is -0.451 e. The lowest BCUT2D eigenvalue weighted by Crippen LogP contribution is -2.21. The standard InChI is InChI=1S/C12H19NO3/c1-8-10(9(14)6-7-13(4)5)11(15)16-12(8,2)3/h6-7H2,1-5H3. The summed E-state index contributed by atoms with van der Waals surface area (Å²) in [5.41, 5.74) is 0.341. The van der Waals surface area contributed by atoms with E-state index in [-0.39, 0.29) is 11.4 Å². The van der Waals surface area contributed by atoms with Crippen molar-refractivity contribution in [3.63, 3.8) is 0 Å². The molecule has 0 spiro atoms. The summed E-state index contributed by atoms with van der Waals surface area (Å²) in [5, 5.41) is 0. The number of carbonyl (C=O) groups is 2. The van der Waals surface area contributed by atoms with Gasteiger partial charge in [0.15, 0.2) is 5.78 Å². The first-order chi connectivity index (χ1) is 7.25. The maximum Gasteiger partial charge on any atom is 0.342 e. The summed E-state index contributed by atoms with van der Waals surface area (Å²) in [6.07, 6.45) is 0.352. The first-order valence-electron chi connectivity index (χ1n) is 5.38. The van der Waals surface area contributed by atoms with Crippen molar-refractivity contribution in [1.82, 2.24) is 4.90 Å². The van der Waals surface area contributed by atoms with E-state index < -0.39 is 11.6 Å². The molecule has 90 valence electrons. The number of esters is 1. The molecule has 0 saturated heterocycles. The number of carbonyl (C=O) groups excluding carboxylic acids is 2. The summed E-state index contributed by atoms with van der Waals surface area (Å²) in [7, 11) is 3.79. The lowest BCUT2D eigenvalue weighted by Gasteiger charge is -2.18. The quantitative estimate of drug-likeness (QED) is 0.532. The number of nitrogens with zero attached hydrogens (tertiary/aromatic N) is 1. The molecule has 0 unspecified atom stereocenters. The molecule has 0 atom stereocenters. The lowest BCUT2D eigenvalue weighted by atomic mass is 9.95. The Morgan fingerprint density at radius 2 is 1.94 bits per heavy atom. The van der Waals surface area contributed by atoms with Crippen molar-refractivity contribution in [1.29, 1.82) is 0 Å². The van der Waals surface area contributed by atoms with Gasteiger partial charge in [-0.2, -0.15) is 0 Å². The molecule has 0 amide bonds. The highest BCUT2D eigenvalue weighted by atomic mass is 16.6. The van der Waals surface area contributed by atoms with Crippen molar-refractivity contribution in [2.45, 2.75) is 32.8 Å². The van der Waals surface area contributed by atoms with Crippen LogP contribution in [0.25, 0.3) is 0 Å². The molecule has 0 aromatic rings. The molecule has 0 aromatic carbocycles. The van der Waals surface area contributed by atoms with Crippen LogP contribution in [-0.4, -0.2) is 42.9 Å². The van der Waals surface area contributed by atoms with Gasteiger partial charge in [0.05, 0.1) is 0 Å². The summed E-state index contributed by atoms with van der Waals surface area (Å²) in [4.78, 5) is 25.4. The van der Waals surface area contributed by atoms with E-state index in [9.17, 15) is 9.59 Å². The molecule has 0 N–H and O–H groups in total. The fourth-order valence-electron chi connectivity index (χ4n) is 1.59. The molecule has 16 heavy (non-hydrogen) atoms. The van der Waals surface area contributed by atoms with Gasteiger partial charge in [0, 0.05) is 13.0 Å². The Morgan fingerprint density at radius 1 is 1.38 bits per heavy atom. The Labute approximate surface area is 96.3 Å². The van der Waals surface area contributed by atoms with Gasteiger partial charge in [0.2, 0.25) is 0 Å². The number of hydrogen-bond donors (Lipinski definition) is 0. The number of cyclic esters (lactones) is 1. The van der Waals surface area contributed by atoms with E-state index in [1.165, 1.54) is 0 Å². The number of Topliss-reactive ketones (excluding diaryl/α,β-unsaturated/α-hetero) is 1. The van der Waals surface area contributed by atoms with Gasteiger partial charge in [-0.3, -0.25) is 4.79 Å². The van der Waals surface area contributed by atoms with E-state index in [2.05, 4.69) is 0 Å². The van der Waals surface area contributed by atoms with Crippen LogP contribution in [0.3, 0.4) is 0 Å². The maximum atomic E-state index is 11.9. The van der Waals surface area contributed by atoms with Crippen LogP contribution in [-0.2, 0) is 14.3 Å². The molecular weight excluding hydrogens is 206 g/mol. The van der Waals surface area contributed by atoms with Gasteiger partial charge in [-0.05, 0) is 40.4 Å². The van der Waals surface area contributed by atoms with Crippen LogP contribution in [0.5, 0.6) is 0 Å². The van der Waals surface area contributed by atoms with Crippen molar-refractivity contribution in [2.75, 3.05) is 20.6 Å². The first kappa shape index (κ1) is 12.9. The zero-order valence-corrected chi connectivity index (χ0v) is 10.6. The molecule has 4 heteroatoms. The molecule has 0 bridgehead atoms. The van der Waals surface area contributed by atoms with Gasteiger partial charge >= 0.3 is 5.97 Å². The van der Waals surface area contributed by atoms with Crippen molar-refractivity contribution in [3.05, 3.63) is 11.1 Å². The van der Waals surface area contributed by atoms with E-state index in [0.29, 0.717) is 13.0 Å². The van der Waals surface area contributed by atoms with E-state index in [0.717, 1.165) is 5.57 Å². The van der Waals surface area contributed by atoms with Crippen LogP contribution in [0.2, 0.25) is 0 Å². The van der Waals surface area contributed by atoms with E-state index in [1.807, 2.05) is 19.0 Å². The molecular formula is C12H19NO3. The van der Waals surface area contributed by atoms with E-state index in [4.69, 9.17) is 4.74 Å². The van der Waals surface area contributed by atoms with E-state index in [1.54, 1.807) is 20.8 Å². The molecule has 1 rings (SSSR count). The zero-order chi connectivity index (χ0) is 12.5. The Balaban J connectivity index is 2.83. The molecule has 1 aliphatic rings. The highest BCUT2D eigenvalue weighted by Gasteiger charge is 2.40. The van der Waals surface area contributed by atoms with Crippen molar-refractivity contribution >= 4 is 11.8 Å². The Morgan fingerprint density at radius 3 is 2.31 bits per heavy atom. The highest BCUT2D eigenvalue weighted by Crippen LogP contribution is 2.32. The smallest absolute Gasteiger partial charge is 0.342 e. The Bertz CT molecular complexity index is 353. The fourth-order valence-corrected chi connectivity index (χ4v) is 1.59. The van der Waals surface area contributed by atoms with Gasteiger partial charge < -0.3 is 9.64 Å². The molecule has 0 saturated carbocycles.